The third kappa shape index (κ3) is 2.87. The van der Waals surface area contributed by atoms with Gasteiger partial charge in [-0.25, -0.2) is 0 Å². The third-order valence-corrected chi connectivity index (χ3v) is 9.70. The quantitative estimate of drug-likeness (QED) is 0.537. The molecule has 1 aromatic heterocycles. The summed E-state index contributed by atoms with van der Waals surface area (Å²) in [5.74, 6) is 2.79. The minimum absolute atomic E-state index is 0.0183. The van der Waals surface area contributed by atoms with Crippen molar-refractivity contribution < 1.29 is 9.90 Å². The molecule has 4 aliphatic carbocycles. The first kappa shape index (κ1) is 19.5. The van der Waals surface area contributed by atoms with E-state index in [0.717, 1.165) is 37.2 Å². The molecule has 3 saturated carbocycles. The molecule has 0 bridgehead atoms. The molecule has 3 nitrogen and oxygen atoms in total. The number of pyridine rings is 1. The van der Waals surface area contributed by atoms with Gasteiger partial charge in [-0.15, -0.1) is 0 Å². The summed E-state index contributed by atoms with van der Waals surface area (Å²) in [5.41, 5.74) is 0.661. The van der Waals surface area contributed by atoms with Crippen LogP contribution in [-0.2, 0) is 0 Å². The summed E-state index contributed by atoms with van der Waals surface area (Å²) in [5, 5.41) is 10.7. The van der Waals surface area contributed by atoms with Crippen LogP contribution in [0.4, 0.5) is 0 Å². The minimum atomic E-state index is -0.477. The molecule has 0 spiro atoms. The number of hydrogen-bond donors (Lipinski definition) is 1. The fraction of sp³-hybridized carbons (Fsp3) is 0.692. The lowest BCUT2D eigenvalue weighted by Crippen LogP contribution is -2.55. The predicted octanol–water partition coefficient (Wildman–Crippen LogP) is 5.45. The van der Waals surface area contributed by atoms with Gasteiger partial charge in [0.15, 0.2) is 5.78 Å². The van der Waals surface area contributed by atoms with Crippen LogP contribution in [0.5, 0.6) is 0 Å². The molecule has 3 heteroatoms. The Bertz CT molecular complexity index is 830. The summed E-state index contributed by atoms with van der Waals surface area (Å²) in [6, 6.07) is 3.77. The Hall–Kier alpha value is -1.48. The molecule has 0 amide bonds. The zero-order valence-corrected chi connectivity index (χ0v) is 18.1. The van der Waals surface area contributed by atoms with E-state index >= 15 is 0 Å². The average molecular weight is 394 g/mol. The molecule has 0 saturated heterocycles. The van der Waals surface area contributed by atoms with Crippen molar-refractivity contribution >= 4 is 5.78 Å². The van der Waals surface area contributed by atoms with Gasteiger partial charge in [0, 0.05) is 23.9 Å². The van der Waals surface area contributed by atoms with Gasteiger partial charge in [0.05, 0.1) is 5.60 Å². The highest BCUT2D eigenvalue weighted by atomic mass is 16.3. The average Bonchev–Trinajstić information content (AvgIpc) is 3.06. The van der Waals surface area contributed by atoms with Crippen LogP contribution >= 0.6 is 0 Å². The van der Waals surface area contributed by atoms with Crippen molar-refractivity contribution in [2.24, 2.45) is 40.4 Å². The maximum absolute atomic E-state index is 13.3. The van der Waals surface area contributed by atoms with E-state index in [1.807, 2.05) is 19.1 Å². The summed E-state index contributed by atoms with van der Waals surface area (Å²) in [6.07, 6.45) is 16.0. The van der Waals surface area contributed by atoms with Crippen LogP contribution in [-0.4, -0.2) is 21.5 Å². The molecule has 29 heavy (non-hydrogen) atoms. The topological polar surface area (TPSA) is 50.2 Å². The van der Waals surface area contributed by atoms with Crippen molar-refractivity contribution in [2.75, 3.05) is 0 Å². The van der Waals surface area contributed by atoms with Gasteiger partial charge in [0.25, 0.3) is 0 Å². The van der Waals surface area contributed by atoms with Crippen LogP contribution in [0.3, 0.4) is 0 Å². The maximum atomic E-state index is 13.3. The first-order chi connectivity index (χ1) is 13.7. The van der Waals surface area contributed by atoms with E-state index in [1.54, 1.807) is 12.4 Å². The number of ketones is 1. The van der Waals surface area contributed by atoms with Crippen molar-refractivity contribution in [1.82, 2.24) is 4.98 Å². The number of Topliss-reactive ketones (excluding diaryl/α,β-unsaturated/α-hetero) is 1. The van der Waals surface area contributed by atoms with Gasteiger partial charge in [0.1, 0.15) is 0 Å². The lowest BCUT2D eigenvalue weighted by molar-refractivity contribution is -0.140. The Morgan fingerprint density at radius 1 is 1.07 bits per heavy atom. The number of rotatable bonds is 2. The molecule has 1 aromatic rings. The monoisotopic (exact) mass is 393 g/mol. The largest absolute Gasteiger partial charge is 0.390 e. The number of nitrogens with zero attached hydrogens (tertiary/aromatic N) is 1. The highest BCUT2D eigenvalue weighted by Gasteiger charge is 2.60. The SMILES string of the molecule is C[C@@]1(O)CC[C@@]2(C)[C@@H](CC[C@H]3[C@@H]4C=C[C@H](C(=O)c5cccnc5)[C@@]4(C)CC[C@@H]32)C1. The molecule has 0 unspecified atom stereocenters. The number of allylic oxidation sites excluding steroid dienone is 2. The fourth-order valence-corrected chi connectivity index (χ4v) is 7.96. The summed E-state index contributed by atoms with van der Waals surface area (Å²) in [7, 11) is 0. The Balaban J connectivity index is 1.41. The highest BCUT2D eigenvalue weighted by Crippen LogP contribution is 2.66. The molecule has 0 aliphatic heterocycles. The Morgan fingerprint density at radius 2 is 1.90 bits per heavy atom. The molecular formula is C26H35NO2. The van der Waals surface area contributed by atoms with Gasteiger partial charge in [-0.2, -0.15) is 0 Å². The fourth-order valence-electron chi connectivity index (χ4n) is 7.96. The molecule has 4 aliphatic rings. The molecule has 5 rings (SSSR count). The van der Waals surface area contributed by atoms with Crippen LogP contribution in [0, 0.1) is 40.4 Å². The lowest BCUT2D eigenvalue weighted by Gasteiger charge is -2.61. The Morgan fingerprint density at radius 3 is 2.66 bits per heavy atom. The van der Waals surface area contributed by atoms with Crippen LogP contribution in [0.2, 0.25) is 0 Å². The first-order valence-corrected chi connectivity index (χ1v) is 11.6. The van der Waals surface area contributed by atoms with E-state index in [9.17, 15) is 9.90 Å². The summed E-state index contributed by atoms with van der Waals surface area (Å²) in [6.45, 7) is 6.92. The Kier molecular flexibility index (Phi) is 4.37. The smallest absolute Gasteiger partial charge is 0.171 e. The maximum Gasteiger partial charge on any atom is 0.171 e. The zero-order valence-electron chi connectivity index (χ0n) is 18.1. The van der Waals surface area contributed by atoms with Gasteiger partial charge < -0.3 is 5.11 Å². The van der Waals surface area contributed by atoms with Gasteiger partial charge in [-0.1, -0.05) is 26.0 Å². The van der Waals surface area contributed by atoms with E-state index in [1.165, 1.54) is 19.3 Å². The molecule has 0 radical (unpaired) electrons. The minimum Gasteiger partial charge on any atom is -0.390 e. The van der Waals surface area contributed by atoms with E-state index < -0.39 is 5.60 Å². The zero-order chi connectivity index (χ0) is 20.4. The number of carbonyl (C=O) groups is 1. The van der Waals surface area contributed by atoms with Crippen molar-refractivity contribution in [3.05, 3.63) is 42.2 Å². The lowest BCUT2D eigenvalue weighted by atomic mass is 9.43. The number of aromatic nitrogens is 1. The van der Waals surface area contributed by atoms with E-state index in [4.69, 9.17) is 0 Å². The van der Waals surface area contributed by atoms with Crippen molar-refractivity contribution in [3.63, 3.8) is 0 Å². The number of carbonyl (C=O) groups excluding carboxylic acids is 1. The van der Waals surface area contributed by atoms with Crippen LogP contribution in [0.15, 0.2) is 36.7 Å². The Labute approximate surface area is 175 Å². The normalized spacial score (nSPS) is 48.5. The first-order valence-electron chi connectivity index (χ1n) is 11.6. The number of fused-ring (bicyclic) bond motifs is 5. The predicted molar refractivity (Wildman–Crippen MR) is 114 cm³/mol. The van der Waals surface area contributed by atoms with Crippen LogP contribution in [0.25, 0.3) is 0 Å². The second-order valence-electron chi connectivity index (χ2n) is 11.3. The van der Waals surface area contributed by atoms with Crippen LogP contribution in [0.1, 0.15) is 76.1 Å². The molecule has 156 valence electrons. The molecule has 1 N–H and O–H groups in total. The number of aliphatic hydroxyl groups is 1. The van der Waals surface area contributed by atoms with E-state index in [-0.39, 0.29) is 17.1 Å². The second-order valence-corrected chi connectivity index (χ2v) is 11.3. The van der Waals surface area contributed by atoms with Gasteiger partial charge in [0.2, 0.25) is 0 Å². The van der Waals surface area contributed by atoms with Gasteiger partial charge >= 0.3 is 0 Å². The van der Waals surface area contributed by atoms with Crippen molar-refractivity contribution in [1.29, 1.82) is 0 Å². The third-order valence-electron chi connectivity index (χ3n) is 9.70. The van der Waals surface area contributed by atoms with E-state index in [0.29, 0.717) is 23.2 Å². The molecular weight excluding hydrogens is 358 g/mol. The van der Waals surface area contributed by atoms with Crippen molar-refractivity contribution in [3.8, 4) is 0 Å². The van der Waals surface area contributed by atoms with Gasteiger partial charge in [-0.3, -0.25) is 9.78 Å². The summed E-state index contributed by atoms with van der Waals surface area (Å²) < 4.78 is 0. The van der Waals surface area contributed by atoms with Crippen molar-refractivity contribution in [2.45, 2.75) is 71.3 Å². The summed E-state index contributed by atoms with van der Waals surface area (Å²) in [4.78, 5) is 17.5. The molecule has 8 atom stereocenters. The highest BCUT2D eigenvalue weighted by molar-refractivity contribution is 5.99. The summed E-state index contributed by atoms with van der Waals surface area (Å²) >= 11 is 0. The van der Waals surface area contributed by atoms with E-state index in [2.05, 4.69) is 31.0 Å². The van der Waals surface area contributed by atoms with Crippen LogP contribution < -0.4 is 0 Å². The van der Waals surface area contributed by atoms with Gasteiger partial charge in [-0.05, 0) is 98.5 Å². The molecule has 1 heterocycles. The standard InChI is InChI=1S/C26H35NO2/c1-24(29)12-13-25(2)18(15-24)6-7-19-20-8-9-22(26(20,3)11-10-21(19)25)23(28)17-5-4-14-27-16-17/h4-5,8-9,14,16,18-22,29H,6-7,10-13,15H2,1-3H3/t18-,19-,20-,21-,22+,24+,25-,26-/m0/s1. The number of hydrogen-bond acceptors (Lipinski definition) is 3. The molecule has 3 fully saturated rings. The molecule has 0 aromatic carbocycles. The second kappa shape index (κ2) is 6.51.